The Morgan fingerprint density at radius 2 is 2.11 bits per heavy atom. The lowest BCUT2D eigenvalue weighted by molar-refractivity contribution is 0.0845. The molecule has 1 aliphatic heterocycles. The van der Waals surface area contributed by atoms with Gasteiger partial charge >= 0.3 is 0 Å². The summed E-state index contributed by atoms with van der Waals surface area (Å²) >= 11 is 6.50. The number of fused-ring (bicyclic) bond motifs is 1. The van der Waals surface area contributed by atoms with Gasteiger partial charge in [0.15, 0.2) is 0 Å². The first-order valence-electron chi connectivity index (χ1n) is 9.47. The van der Waals surface area contributed by atoms with Crippen molar-refractivity contribution in [3.05, 3.63) is 57.8 Å². The van der Waals surface area contributed by atoms with Crippen LogP contribution < -0.4 is 5.32 Å². The lowest BCUT2D eigenvalue weighted by atomic mass is 9.93. The SMILES string of the molecule is Cc1ncncc1C(=O)NCc1cc2c(C)c(C3CCOCC3)[nH]c2cc1Cl. The van der Waals surface area contributed by atoms with Crippen LogP contribution in [0.2, 0.25) is 5.02 Å². The van der Waals surface area contributed by atoms with Gasteiger partial charge < -0.3 is 15.0 Å². The highest BCUT2D eigenvalue weighted by molar-refractivity contribution is 6.32. The predicted molar refractivity (Wildman–Crippen MR) is 109 cm³/mol. The van der Waals surface area contributed by atoms with Crippen molar-refractivity contribution in [1.29, 1.82) is 0 Å². The zero-order valence-corrected chi connectivity index (χ0v) is 16.8. The predicted octanol–water partition coefficient (Wildman–Crippen LogP) is 4.05. The van der Waals surface area contributed by atoms with E-state index in [2.05, 4.69) is 33.3 Å². The summed E-state index contributed by atoms with van der Waals surface area (Å²) < 4.78 is 5.49. The third-order valence-corrected chi connectivity index (χ3v) is 5.84. The Hall–Kier alpha value is -2.44. The van der Waals surface area contributed by atoms with E-state index < -0.39 is 0 Å². The average molecular weight is 399 g/mol. The standard InChI is InChI=1S/C21H23ClN4O2/c1-12-16-7-15(9-24-21(27)17-10-23-11-25-13(17)2)18(22)8-19(16)26-20(12)14-3-5-28-6-4-14/h7-8,10-11,14,26H,3-6,9H2,1-2H3,(H,24,27). The maximum Gasteiger partial charge on any atom is 0.254 e. The maximum atomic E-state index is 12.4. The van der Waals surface area contributed by atoms with Gasteiger partial charge in [0, 0.05) is 53.5 Å². The van der Waals surface area contributed by atoms with E-state index in [0.717, 1.165) is 42.5 Å². The Kier molecular flexibility index (Phi) is 5.33. The third-order valence-electron chi connectivity index (χ3n) is 5.49. The van der Waals surface area contributed by atoms with E-state index in [1.165, 1.54) is 23.8 Å². The quantitative estimate of drug-likeness (QED) is 0.694. The molecule has 4 rings (SSSR count). The van der Waals surface area contributed by atoms with Gasteiger partial charge in [-0.15, -0.1) is 0 Å². The molecule has 0 aliphatic carbocycles. The van der Waals surface area contributed by atoms with E-state index in [-0.39, 0.29) is 5.91 Å². The molecule has 146 valence electrons. The van der Waals surface area contributed by atoms with E-state index in [9.17, 15) is 4.79 Å². The number of benzene rings is 1. The molecule has 0 spiro atoms. The van der Waals surface area contributed by atoms with Gasteiger partial charge in [-0.25, -0.2) is 9.97 Å². The van der Waals surface area contributed by atoms with Crippen LogP contribution in [0.15, 0.2) is 24.7 Å². The molecule has 28 heavy (non-hydrogen) atoms. The molecule has 6 nitrogen and oxygen atoms in total. The number of amides is 1. The number of nitrogens with zero attached hydrogens (tertiary/aromatic N) is 2. The second-order valence-electron chi connectivity index (χ2n) is 7.24. The molecule has 2 aromatic heterocycles. The largest absolute Gasteiger partial charge is 0.381 e. The van der Waals surface area contributed by atoms with Crippen molar-refractivity contribution in [3.8, 4) is 0 Å². The highest BCUT2D eigenvalue weighted by Crippen LogP contribution is 2.34. The minimum atomic E-state index is -0.206. The molecule has 1 saturated heterocycles. The fourth-order valence-corrected chi connectivity index (χ4v) is 4.06. The molecule has 0 atom stereocenters. The third kappa shape index (κ3) is 3.62. The normalized spacial score (nSPS) is 15.1. The van der Waals surface area contributed by atoms with Crippen molar-refractivity contribution >= 4 is 28.4 Å². The van der Waals surface area contributed by atoms with Gasteiger partial charge in [-0.2, -0.15) is 0 Å². The Morgan fingerprint density at radius 3 is 2.86 bits per heavy atom. The van der Waals surface area contributed by atoms with Crippen LogP contribution in [0.5, 0.6) is 0 Å². The van der Waals surface area contributed by atoms with Gasteiger partial charge in [0.1, 0.15) is 6.33 Å². The summed E-state index contributed by atoms with van der Waals surface area (Å²) in [5.74, 6) is 0.284. The van der Waals surface area contributed by atoms with Crippen LogP contribution in [0, 0.1) is 13.8 Å². The summed E-state index contributed by atoms with van der Waals surface area (Å²) in [6, 6.07) is 4.02. The summed E-state index contributed by atoms with van der Waals surface area (Å²) in [6.07, 6.45) is 5.02. The Balaban J connectivity index is 1.57. The van der Waals surface area contributed by atoms with E-state index in [1.54, 1.807) is 6.92 Å². The lowest BCUT2D eigenvalue weighted by Crippen LogP contribution is -2.24. The molecule has 3 aromatic rings. The van der Waals surface area contributed by atoms with Crippen LogP contribution >= 0.6 is 11.6 Å². The summed E-state index contributed by atoms with van der Waals surface area (Å²) in [4.78, 5) is 24.0. The summed E-state index contributed by atoms with van der Waals surface area (Å²) in [6.45, 7) is 5.89. The van der Waals surface area contributed by atoms with Gasteiger partial charge in [-0.3, -0.25) is 4.79 Å². The first-order chi connectivity index (χ1) is 13.5. The van der Waals surface area contributed by atoms with Crippen LogP contribution in [-0.4, -0.2) is 34.1 Å². The molecule has 1 amide bonds. The molecular weight excluding hydrogens is 376 g/mol. The molecule has 0 bridgehead atoms. The molecule has 2 N–H and O–H groups in total. The summed E-state index contributed by atoms with van der Waals surface area (Å²) in [5.41, 5.74) is 5.56. The fourth-order valence-electron chi connectivity index (χ4n) is 3.83. The van der Waals surface area contributed by atoms with Gasteiger partial charge in [0.05, 0.1) is 11.3 Å². The lowest BCUT2D eigenvalue weighted by Gasteiger charge is -2.21. The summed E-state index contributed by atoms with van der Waals surface area (Å²) in [7, 11) is 0. The van der Waals surface area contributed by atoms with Crippen LogP contribution in [0.3, 0.4) is 0 Å². The summed E-state index contributed by atoms with van der Waals surface area (Å²) in [5, 5.41) is 4.70. The number of carbonyl (C=O) groups is 1. The van der Waals surface area contributed by atoms with Crippen molar-refractivity contribution in [2.24, 2.45) is 0 Å². The second kappa shape index (κ2) is 7.89. The number of aryl methyl sites for hydroxylation is 2. The number of nitrogens with one attached hydrogen (secondary N) is 2. The minimum Gasteiger partial charge on any atom is -0.381 e. The van der Waals surface area contributed by atoms with Gasteiger partial charge in [0.25, 0.3) is 5.91 Å². The zero-order chi connectivity index (χ0) is 19.7. The van der Waals surface area contributed by atoms with Crippen LogP contribution in [0.1, 0.15) is 51.6 Å². The van der Waals surface area contributed by atoms with Gasteiger partial charge in [-0.05, 0) is 49.9 Å². The maximum absolute atomic E-state index is 12.4. The van der Waals surface area contributed by atoms with Crippen LogP contribution in [0.25, 0.3) is 10.9 Å². The van der Waals surface area contributed by atoms with Crippen molar-refractivity contribution < 1.29 is 9.53 Å². The zero-order valence-electron chi connectivity index (χ0n) is 16.0. The van der Waals surface area contributed by atoms with Crippen molar-refractivity contribution in [3.63, 3.8) is 0 Å². The number of halogens is 1. The first kappa shape index (κ1) is 18.9. The molecule has 1 aromatic carbocycles. The molecule has 0 unspecified atom stereocenters. The number of hydrogen-bond donors (Lipinski definition) is 2. The van der Waals surface area contributed by atoms with E-state index in [1.807, 2.05) is 6.07 Å². The van der Waals surface area contributed by atoms with Crippen molar-refractivity contribution in [2.45, 2.75) is 39.2 Å². The van der Waals surface area contributed by atoms with Crippen molar-refractivity contribution in [1.82, 2.24) is 20.3 Å². The van der Waals surface area contributed by atoms with Crippen LogP contribution in [0.4, 0.5) is 0 Å². The second-order valence-corrected chi connectivity index (χ2v) is 7.65. The van der Waals surface area contributed by atoms with E-state index in [0.29, 0.717) is 28.7 Å². The number of aromatic nitrogens is 3. The number of ether oxygens (including phenoxy) is 1. The van der Waals surface area contributed by atoms with Crippen molar-refractivity contribution in [2.75, 3.05) is 13.2 Å². The Morgan fingerprint density at radius 1 is 1.32 bits per heavy atom. The molecule has 0 radical (unpaired) electrons. The topological polar surface area (TPSA) is 79.9 Å². The highest BCUT2D eigenvalue weighted by Gasteiger charge is 2.21. The van der Waals surface area contributed by atoms with Gasteiger partial charge in [-0.1, -0.05) is 11.6 Å². The molecule has 3 heterocycles. The molecule has 0 saturated carbocycles. The monoisotopic (exact) mass is 398 g/mol. The number of rotatable bonds is 4. The molecule has 1 aliphatic rings. The molecular formula is C21H23ClN4O2. The average Bonchev–Trinajstić information content (AvgIpc) is 3.02. The fraction of sp³-hybridized carbons (Fsp3) is 0.381. The molecule has 1 fully saturated rings. The highest BCUT2D eigenvalue weighted by atomic mass is 35.5. The van der Waals surface area contributed by atoms with E-state index in [4.69, 9.17) is 16.3 Å². The number of hydrogen-bond acceptors (Lipinski definition) is 4. The minimum absolute atomic E-state index is 0.206. The Labute approximate surface area is 168 Å². The molecule has 7 heteroatoms. The van der Waals surface area contributed by atoms with Crippen LogP contribution in [-0.2, 0) is 11.3 Å². The Bertz CT molecular complexity index is 1020. The number of aromatic amines is 1. The van der Waals surface area contributed by atoms with Gasteiger partial charge in [0.2, 0.25) is 0 Å². The number of H-pyrrole nitrogens is 1. The number of carbonyl (C=O) groups excluding carboxylic acids is 1. The smallest absolute Gasteiger partial charge is 0.254 e. The van der Waals surface area contributed by atoms with E-state index >= 15 is 0 Å². The first-order valence-corrected chi connectivity index (χ1v) is 9.85.